The van der Waals surface area contributed by atoms with E-state index < -0.39 is 12.2 Å². The Kier molecular flexibility index (Phi) is 38.5. The largest absolute Gasteiger partial charge is 0.457 e. The number of amides is 1. The molecule has 0 aromatic heterocycles. The fraction of sp³-hybridized carbons (Fsp3) is 0.864. The van der Waals surface area contributed by atoms with Crippen LogP contribution >= 0.6 is 0 Å². The molecule has 0 spiro atoms. The summed E-state index contributed by atoms with van der Waals surface area (Å²) in [5, 5.41) is 2.85. The number of rotatable bonds is 38. The first kappa shape index (κ1) is 48.2. The topological polar surface area (TPSA) is 67.9 Å². The normalized spacial score (nSPS) is 12.3. The van der Waals surface area contributed by atoms with E-state index in [1.807, 2.05) is 19.0 Å². The maximum atomic E-state index is 12.5. The number of allylic oxidation sites excluding steroid dienone is 4. The van der Waals surface area contributed by atoms with Gasteiger partial charge < -0.3 is 19.7 Å². The monoisotopic (exact) mass is 705 g/mol. The number of esters is 1. The fourth-order valence-electron chi connectivity index (χ4n) is 6.25. The molecular formula is C44H84N2O4. The summed E-state index contributed by atoms with van der Waals surface area (Å²) < 4.78 is 11.1. The highest BCUT2D eigenvalue weighted by Crippen LogP contribution is 2.13. The summed E-state index contributed by atoms with van der Waals surface area (Å²) in [5.41, 5.74) is 0. The van der Waals surface area contributed by atoms with E-state index in [2.05, 4.69) is 43.5 Å². The van der Waals surface area contributed by atoms with E-state index in [1.54, 1.807) is 0 Å². The minimum Gasteiger partial charge on any atom is -0.457 e. The maximum Gasteiger partial charge on any atom is 0.407 e. The van der Waals surface area contributed by atoms with Crippen LogP contribution in [0.15, 0.2) is 24.3 Å². The van der Waals surface area contributed by atoms with Crippen molar-refractivity contribution < 1.29 is 19.1 Å². The first-order valence-corrected chi connectivity index (χ1v) is 21.5. The van der Waals surface area contributed by atoms with Gasteiger partial charge in [-0.25, -0.2) is 4.79 Å². The summed E-state index contributed by atoms with van der Waals surface area (Å²) in [4.78, 5) is 26.7. The van der Waals surface area contributed by atoms with Crippen molar-refractivity contribution in [3.63, 3.8) is 0 Å². The highest BCUT2D eigenvalue weighted by atomic mass is 16.6. The Labute approximate surface area is 311 Å². The first-order chi connectivity index (χ1) is 24.5. The van der Waals surface area contributed by atoms with Crippen LogP contribution in [0.3, 0.4) is 0 Å². The number of hydrogen-bond acceptors (Lipinski definition) is 5. The van der Waals surface area contributed by atoms with Gasteiger partial charge in [0.15, 0.2) is 0 Å². The van der Waals surface area contributed by atoms with E-state index >= 15 is 0 Å². The number of likely N-dealkylation sites (N-methyl/N-ethyl adjacent to an activating group) is 1. The van der Waals surface area contributed by atoms with Gasteiger partial charge in [-0.3, -0.25) is 4.79 Å². The SMILES string of the molecule is CCCCCCCC/C=C\CCCCCCCCCC(=O)OC(COC(=O)NCCCCCCCC/C=C\CCCCCCCC)CN(C)C. The van der Waals surface area contributed by atoms with Crippen molar-refractivity contribution in [1.29, 1.82) is 0 Å². The van der Waals surface area contributed by atoms with Crippen LogP contribution in [-0.2, 0) is 14.3 Å². The van der Waals surface area contributed by atoms with Gasteiger partial charge in [0.2, 0.25) is 0 Å². The lowest BCUT2D eigenvalue weighted by atomic mass is 10.1. The molecule has 0 aliphatic carbocycles. The number of unbranched alkanes of at least 4 members (excludes halogenated alkanes) is 25. The zero-order valence-electron chi connectivity index (χ0n) is 33.8. The van der Waals surface area contributed by atoms with E-state index in [0.29, 0.717) is 19.5 Å². The van der Waals surface area contributed by atoms with E-state index in [9.17, 15) is 9.59 Å². The van der Waals surface area contributed by atoms with E-state index in [-0.39, 0.29) is 12.6 Å². The summed E-state index contributed by atoms with van der Waals surface area (Å²) in [5.74, 6) is -0.196. The Morgan fingerprint density at radius 1 is 0.540 bits per heavy atom. The van der Waals surface area contributed by atoms with Crippen LogP contribution in [0.5, 0.6) is 0 Å². The molecule has 0 rings (SSSR count). The first-order valence-electron chi connectivity index (χ1n) is 21.5. The number of carbonyl (C=O) groups is 2. The molecule has 0 aromatic carbocycles. The van der Waals surface area contributed by atoms with Crippen molar-refractivity contribution in [3.8, 4) is 0 Å². The molecule has 294 valence electrons. The number of alkyl carbamates (subject to hydrolysis) is 1. The van der Waals surface area contributed by atoms with Crippen LogP contribution in [0.1, 0.15) is 206 Å². The summed E-state index contributed by atoms with van der Waals surface area (Å²) in [6.07, 6.45) is 45.6. The summed E-state index contributed by atoms with van der Waals surface area (Å²) in [6, 6.07) is 0. The molecule has 6 heteroatoms. The summed E-state index contributed by atoms with van der Waals surface area (Å²) >= 11 is 0. The van der Waals surface area contributed by atoms with Crippen molar-refractivity contribution >= 4 is 12.1 Å². The zero-order valence-corrected chi connectivity index (χ0v) is 33.8. The standard InChI is InChI=1S/C44H84N2O4/c1-5-7-9-11-13-15-17-19-21-23-24-26-28-30-32-34-36-38-43(47)50-42(40-46(3)4)41-49-44(48)45-39-37-35-33-31-29-27-25-22-20-18-16-14-12-10-8-6-2/h19-22,42H,5-18,23-41H2,1-4H3,(H,45,48)/b21-19-,22-20-. The van der Waals surface area contributed by atoms with E-state index in [0.717, 1.165) is 25.7 Å². The van der Waals surface area contributed by atoms with Gasteiger partial charge in [0.25, 0.3) is 0 Å². The smallest absolute Gasteiger partial charge is 0.407 e. The molecule has 0 bridgehead atoms. The fourth-order valence-corrected chi connectivity index (χ4v) is 6.25. The van der Waals surface area contributed by atoms with Crippen molar-refractivity contribution in [1.82, 2.24) is 10.2 Å². The van der Waals surface area contributed by atoms with Gasteiger partial charge in [0.05, 0.1) is 0 Å². The predicted molar refractivity (Wildman–Crippen MR) is 216 cm³/mol. The molecule has 0 radical (unpaired) electrons. The molecule has 50 heavy (non-hydrogen) atoms. The average Bonchev–Trinajstić information content (AvgIpc) is 3.09. The molecule has 0 aliphatic heterocycles. The molecule has 0 fully saturated rings. The summed E-state index contributed by atoms with van der Waals surface area (Å²) in [7, 11) is 3.86. The van der Waals surface area contributed by atoms with Crippen molar-refractivity contribution in [2.45, 2.75) is 213 Å². The summed E-state index contributed by atoms with van der Waals surface area (Å²) in [6.45, 7) is 5.77. The van der Waals surface area contributed by atoms with Gasteiger partial charge in [0.1, 0.15) is 12.7 Å². The van der Waals surface area contributed by atoms with Crippen LogP contribution in [-0.4, -0.2) is 56.9 Å². The van der Waals surface area contributed by atoms with Crippen LogP contribution in [0, 0.1) is 0 Å². The van der Waals surface area contributed by atoms with Gasteiger partial charge in [-0.05, 0) is 78.3 Å². The molecule has 0 aliphatic rings. The molecule has 1 amide bonds. The Balaban J connectivity index is 3.73. The molecular weight excluding hydrogens is 620 g/mol. The van der Waals surface area contributed by atoms with Gasteiger partial charge in [0, 0.05) is 19.5 Å². The minimum atomic E-state index is -0.450. The molecule has 1 unspecified atom stereocenters. The Bertz CT molecular complexity index is 782. The Morgan fingerprint density at radius 2 is 0.920 bits per heavy atom. The lowest BCUT2D eigenvalue weighted by molar-refractivity contribution is -0.152. The zero-order chi connectivity index (χ0) is 36.6. The number of nitrogens with one attached hydrogen (secondary N) is 1. The minimum absolute atomic E-state index is 0.0807. The van der Waals surface area contributed by atoms with Gasteiger partial charge in [-0.1, -0.05) is 160 Å². The third-order valence-corrected chi connectivity index (χ3v) is 9.37. The molecule has 6 nitrogen and oxygen atoms in total. The van der Waals surface area contributed by atoms with Crippen LogP contribution in [0.2, 0.25) is 0 Å². The molecule has 1 atom stereocenters. The third-order valence-electron chi connectivity index (χ3n) is 9.37. The predicted octanol–water partition coefficient (Wildman–Crippen LogP) is 13.0. The van der Waals surface area contributed by atoms with Gasteiger partial charge in [-0.2, -0.15) is 0 Å². The van der Waals surface area contributed by atoms with Crippen molar-refractivity contribution in [2.75, 3.05) is 33.8 Å². The quantitative estimate of drug-likeness (QED) is 0.0394. The van der Waals surface area contributed by atoms with Crippen LogP contribution in [0.25, 0.3) is 0 Å². The average molecular weight is 705 g/mol. The van der Waals surface area contributed by atoms with Crippen LogP contribution in [0.4, 0.5) is 4.79 Å². The van der Waals surface area contributed by atoms with E-state index in [4.69, 9.17) is 9.47 Å². The molecule has 0 saturated heterocycles. The van der Waals surface area contributed by atoms with Gasteiger partial charge >= 0.3 is 12.1 Å². The number of ether oxygens (including phenoxy) is 2. The lowest BCUT2D eigenvalue weighted by Gasteiger charge is -2.21. The van der Waals surface area contributed by atoms with E-state index in [1.165, 1.54) is 161 Å². The number of nitrogens with zero attached hydrogens (tertiary/aromatic N) is 1. The van der Waals surface area contributed by atoms with Crippen molar-refractivity contribution in [2.24, 2.45) is 0 Å². The molecule has 1 N–H and O–H groups in total. The van der Waals surface area contributed by atoms with Crippen LogP contribution < -0.4 is 5.32 Å². The number of hydrogen-bond donors (Lipinski definition) is 1. The second-order valence-electron chi connectivity index (χ2n) is 14.9. The maximum absolute atomic E-state index is 12.5. The van der Waals surface area contributed by atoms with Gasteiger partial charge in [-0.15, -0.1) is 0 Å². The molecule has 0 heterocycles. The number of carbonyl (C=O) groups excluding carboxylic acids is 2. The van der Waals surface area contributed by atoms with Crippen molar-refractivity contribution in [3.05, 3.63) is 24.3 Å². The Morgan fingerprint density at radius 3 is 1.34 bits per heavy atom. The molecule has 0 saturated carbocycles. The lowest BCUT2D eigenvalue weighted by Crippen LogP contribution is -2.36. The second-order valence-corrected chi connectivity index (χ2v) is 14.9. The third kappa shape index (κ3) is 39.0. The highest BCUT2D eigenvalue weighted by molar-refractivity contribution is 5.69. The molecule has 0 aromatic rings. The highest BCUT2D eigenvalue weighted by Gasteiger charge is 2.18. The second kappa shape index (κ2) is 40.0. The Hall–Kier alpha value is -1.82.